The summed E-state index contributed by atoms with van der Waals surface area (Å²) in [5.41, 5.74) is 14.8. The Morgan fingerprint density at radius 3 is 1.78 bits per heavy atom. The van der Waals surface area contributed by atoms with Crippen LogP contribution in [0.4, 0.5) is 27.9 Å². The number of aromatic nitrogens is 6. The molecule has 0 aliphatic rings. The van der Waals surface area contributed by atoms with E-state index in [4.69, 9.17) is 25.3 Å². The van der Waals surface area contributed by atoms with Crippen molar-refractivity contribution in [1.29, 1.82) is 0 Å². The van der Waals surface area contributed by atoms with Crippen LogP contribution in [0.2, 0.25) is 0 Å². The van der Waals surface area contributed by atoms with Gasteiger partial charge < -0.3 is 35.9 Å². The minimum atomic E-state index is -0.567. The number of nitrogens with one attached hydrogen (secondary N) is 2. The van der Waals surface area contributed by atoms with Gasteiger partial charge in [0.2, 0.25) is 11.9 Å². The van der Waals surface area contributed by atoms with Gasteiger partial charge in [0.15, 0.2) is 0 Å². The van der Waals surface area contributed by atoms with E-state index in [2.05, 4.69) is 40.9 Å². The van der Waals surface area contributed by atoms with Gasteiger partial charge in [0.05, 0.1) is 42.0 Å². The molecule has 6 rings (SSSR count). The summed E-state index contributed by atoms with van der Waals surface area (Å²) in [5, 5.41) is 15.0. The van der Waals surface area contributed by atoms with Crippen molar-refractivity contribution in [2.24, 2.45) is 0 Å². The minimum Gasteiger partial charge on any atom is -0.495 e. The van der Waals surface area contributed by atoms with E-state index in [1.807, 2.05) is 0 Å². The number of nitrogens with two attached hydrogens (primary N) is 2. The van der Waals surface area contributed by atoms with Gasteiger partial charge in [-0.25, -0.2) is 14.4 Å². The van der Waals surface area contributed by atoms with Crippen LogP contribution in [0.3, 0.4) is 0 Å². The predicted molar refractivity (Wildman–Crippen MR) is 151 cm³/mol. The Morgan fingerprint density at radius 1 is 0.756 bits per heavy atom. The van der Waals surface area contributed by atoms with Crippen molar-refractivity contribution in [2.45, 2.75) is 26.9 Å². The number of benzene rings is 2. The molecular weight excluding hydrogens is 531 g/mol. The number of rotatable bonds is 8. The molecule has 0 radical (unpaired) electrons. The first kappa shape index (κ1) is 25.7. The van der Waals surface area contributed by atoms with Crippen LogP contribution in [0.1, 0.15) is 22.9 Å². The molecule has 14 heteroatoms. The quantitative estimate of drug-likeness (QED) is 0.207. The molecule has 41 heavy (non-hydrogen) atoms. The molecule has 4 heterocycles. The van der Waals surface area contributed by atoms with Gasteiger partial charge in [0.25, 0.3) is 0 Å². The fourth-order valence-corrected chi connectivity index (χ4v) is 4.66. The molecule has 2 aromatic carbocycles. The van der Waals surface area contributed by atoms with Crippen molar-refractivity contribution >= 4 is 45.3 Å². The van der Waals surface area contributed by atoms with Crippen molar-refractivity contribution in [1.82, 2.24) is 30.2 Å². The molecule has 0 aliphatic heterocycles. The zero-order valence-electron chi connectivity index (χ0n) is 22.3. The summed E-state index contributed by atoms with van der Waals surface area (Å²) in [6.45, 7) is 4.13. The normalized spacial score (nSPS) is 11.3. The van der Waals surface area contributed by atoms with E-state index in [0.29, 0.717) is 63.0 Å². The molecule has 0 amide bonds. The van der Waals surface area contributed by atoms with E-state index in [0.717, 1.165) is 0 Å². The molecule has 0 aliphatic carbocycles. The number of anilines is 4. The first-order chi connectivity index (χ1) is 19.8. The first-order valence-electron chi connectivity index (χ1n) is 12.5. The topological polar surface area (TPSA) is 189 Å². The molecule has 0 atom stereocenters. The summed E-state index contributed by atoms with van der Waals surface area (Å²) in [6, 6.07) is 10.3. The highest BCUT2D eigenvalue weighted by atomic mass is 19.1. The maximum absolute atomic E-state index is 16.4. The summed E-state index contributed by atoms with van der Waals surface area (Å²) < 4.78 is 32.5. The van der Waals surface area contributed by atoms with Gasteiger partial charge in [0, 0.05) is 23.3 Å². The molecule has 0 saturated heterocycles. The van der Waals surface area contributed by atoms with Gasteiger partial charge in [0.1, 0.15) is 46.1 Å². The predicted octanol–water partition coefficient (Wildman–Crippen LogP) is 4.37. The third-order valence-corrected chi connectivity index (χ3v) is 6.37. The SMILES string of the molecule is COc1c(-c2ccc3nc(N)nc(NCc4cc(C)on4)c3c2F)ccc2nc(N)nc(NCc3cc(C)on3)c12. The van der Waals surface area contributed by atoms with Crippen LogP contribution in [0, 0.1) is 19.7 Å². The molecular formula is C27H25FN10O3. The van der Waals surface area contributed by atoms with Gasteiger partial charge in [-0.1, -0.05) is 10.3 Å². The van der Waals surface area contributed by atoms with Crippen molar-refractivity contribution in [3.8, 4) is 16.9 Å². The first-order valence-corrected chi connectivity index (χ1v) is 12.5. The van der Waals surface area contributed by atoms with E-state index >= 15 is 4.39 Å². The van der Waals surface area contributed by atoms with Gasteiger partial charge in [-0.2, -0.15) is 9.97 Å². The average Bonchev–Trinajstić information content (AvgIpc) is 3.56. The van der Waals surface area contributed by atoms with E-state index in [1.165, 1.54) is 7.11 Å². The lowest BCUT2D eigenvalue weighted by atomic mass is 9.99. The molecule has 4 aromatic heterocycles. The standard InChI is InChI=1S/C27H25FN10O3/c1-12-8-14(37-40-12)10-31-24-20-18(33-26(29)35-24)6-4-16(22(20)28)17-5-7-19-21(23(17)39-3)25(36-27(30)34-19)32-11-15-9-13(2)41-38-15/h4-9H,10-11H2,1-3H3,(H3,29,31,33,35)(H3,30,32,34,36). The molecule has 6 N–H and O–H groups in total. The van der Waals surface area contributed by atoms with Crippen molar-refractivity contribution in [2.75, 3.05) is 29.2 Å². The van der Waals surface area contributed by atoms with Crippen molar-refractivity contribution in [3.63, 3.8) is 0 Å². The second-order valence-electron chi connectivity index (χ2n) is 9.29. The number of aryl methyl sites for hydroxylation is 2. The maximum atomic E-state index is 16.4. The molecule has 0 bridgehead atoms. The summed E-state index contributed by atoms with van der Waals surface area (Å²) in [4.78, 5) is 17.2. The van der Waals surface area contributed by atoms with E-state index in [9.17, 15) is 0 Å². The summed E-state index contributed by atoms with van der Waals surface area (Å²) in [6.07, 6.45) is 0. The Kier molecular flexibility index (Phi) is 6.41. The zero-order valence-corrected chi connectivity index (χ0v) is 22.3. The lowest BCUT2D eigenvalue weighted by Crippen LogP contribution is -2.08. The molecule has 208 valence electrons. The van der Waals surface area contributed by atoms with Crippen molar-refractivity contribution < 1.29 is 18.2 Å². The van der Waals surface area contributed by atoms with Gasteiger partial charge >= 0.3 is 0 Å². The monoisotopic (exact) mass is 556 g/mol. The highest BCUT2D eigenvalue weighted by Gasteiger charge is 2.22. The Morgan fingerprint density at radius 2 is 1.27 bits per heavy atom. The fourth-order valence-electron chi connectivity index (χ4n) is 4.66. The lowest BCUT2D eigenvalue weighted by molar-refractivity contribution is 0.391. The molecule has 0 saturated carbocycles. The van der Waals surface area contributed by atoms with Crippen LogP contribution in [0.15, 0.2) is 45.4 Å². The van der Waals surface area contributed by atoms with Crippen LogP contribution in [0.5, 0.6) is 5.75 Å². The molecule has 0 spiro atoms. The second-order valence-corrected chi connectivity index (χ2v) is 9.29. The van der Waals surface area contributed by atoms with E-state index in [-0.39, 0.29) is 35.2 Å². The highest BCUT2D eigenvalue weighted by molar-refractivity contribution is 6.02. The Bertz CT molecular complexity index is 1920. The van der Waals surface area contributed by atoms with E-state index in [1.54, 1.807) is 50.2 Å². The lowest BCUT2D eigenvalue weighted by Gasteiger charge is -2.17. The summed E-state index contributed by atoms with van der Waals surface area (Å²) >= 11 is 0. The van der Waals surface area contributed by atoms with Crippen LogP contribution in [0.25, 0.3) is 32.9 Å². The van der Waals surface area contributed by atoms with Crippen LogP contribution in [-0.4, -0.2) is 37.4 Å². The number of fused-ring (bicyclic) bond motifs is 2. The van der Waals surface area contributed by atoms with Crippen LogP contribution >= 0.6 is 0 Å². The number of methoxy groups -OCH3 is 1. The maximum Gasteiger partial charge on any atom is 0.222 e. The number of nitrogen functional groups attached to an aromatic ring is 2. The number of ether oxygens (including phenoxy) is 1. The van der Waals surface area contributed by atoms with Crippen LogP contribution in [-0.2, 0) is 13.1 Å². The highest BCUT2D eigenvalue weighted by Crippen LogP contribution is 2.42. The smallest absolute Gasteiger partial charge is 0.222 e. The van der Waals surface area contributed by atoms with Gasteiger partial charge in [-0.05, 0) is 38.1 Å². The number of nitrogens with zero attached hydrogens (tertiary/aromatic N) is 6. The zero-order chi connectivity index (χ0) is 28.7. The number of hydrogen-bond donors (Lipinski definition) is 4. The molecule has 13 nitrogen and oxygen atoms in total. The second kappa shape index (κ2) is 10.2. The number of halogens is 1. The van der Waals surface area contributed by atoms with Crippen LogP contribution < -0.4 is 26.8 Å². The summed E-state index contributed by atoms with van der Waals surface area (Å²) in [7, 11) is 1.50. The molecule has 6 aromatic rings. The number of hydrogen-bond acceptors (Lipinski definition) is 13. The Hall–Kier alpha value is -5.53. The third-order valence-electron chi connectivity index (χ3n) is 6.37. The fraction of sp³-hybridized carbons (Fsp3) is 0.185. The van der Waals surface area contributed by atoms with Gasteiger partial charge in [-0.15, -0.1) is 0 Å². The van der Waals surface area contributed by atoms with Crippen molar-refractivity contribution in [3.05, 3.63) is 65.1 Å². The molecule has 0 fully saturated rings. The average molecular weight is 557 g/mol. The third kappa shape index (κ3) is 4.86. The summed E-state index contributed by atoms with van der Waals surface area (Å²) in [5.74, 6) is 1.79. The Balaban J connectivity index is 1.47. The minimum absolute atomic E-state index is 0.000436. The largest absolute Gasteiger partial charge is 0.495 e. The van der Waals surface area contributed by atoms with E-state index < -0.39 is 5.82 Å². The Labute approximate surface area is 232 Å². The van der Waals surface area contributed by atoms with Gasteiger partial charge in [-0.3, -0.25) is 0 Å². The molecule has 0 unspecified atom stereocenters.